The number of nitrogens with one attached hydrogen (secondary N) is 2. The van der Waals surface area contributed by atoms with Gasteiger partial charge >= 0.3 is 5.97 Å². The Kier molecular flexibility index (Phi) is 6.02. The van der Waals surface area contributed by atoms with E-state index < -0.39 is 5.97 Å². The van der Waals surface area contributed by atoms with Gasteiger partial charge < -0.3 is 10.4 Å². The van der Waals surface area contributed by atoms with Crippen LogP contribution in [-0.4, -0.2) is 27.7 Å². The molecule has 1 aromatic heterocycles. The Bertz CT molecular complexity index is 593. The predicted octanol–water partition coefficient (Wildman–Crippen LogP) is 2.98. The Labute approximate surface area is 124 Å². The van der Waals surface area contributed by atoms with Gasteiger partial charge in [-0.1, -0.05) is 29.3 Å². The number of H-pyrrole nitrogens is 1. The summed E-state index contributed by atoms with van der Waals surface area (Å²) in [4.78, 5) is 20.2. The van der Waals surface area contributed by atoms with Gasteiger partial charge in [-0.05, 0) is 24.6 Å². The van der Waals surface area contributed by atoms with Crippen molar-refractivity contribution in [1.82, 2.24) is 10.2 Å². The molecule has 0 radical (unpaired) electrons. The molecule has 1 aromatic carbocycles. The van der Waals surface area contributed by atoms with Crippen molar-refractivity contribution in [3.63, 3.8) is 0 Å². The van der Waals surface area contributed by atoms with Crippen LogP contribution in [-0.2, 0) is 4.79 Å². The maximum atomic E-state index is 10.3. The average molecular weight is 316 g/mol. The van der Waals surface area contributed by atoms with Crippen molar-refractivity contribution >= 4 is 41.3 Å². The van der Waals surface area contributed by atoms with Crippen LogP contribution in [0.4, 0.5) is 5.69 Å². The quantitative estimate of drug-likeness (QED) is 0.759. The Balaban J connectivity index is 0.000000204. The second kappa shape index (κ2) is 7.52. The molecular weight excluding hydrogens is 305 g/mol. The van der Waals surface area contributed by atoms with Crippen LogP contribution in [0.1, 0.15) is 16.1 Å². The van der Waals surface area contributed by atoms with Gasteiger partial charge in [0.1, 0.15) is 0 Å². The summed E-state index contributed by atoms with van der Waals surface area (Å²) in [6.45, 7) is 1.89. The number of nitrogens with zero attached hydrogens (tertiary/aromatic N) is 1. The molecule has 0 atom stereocenters. The first-order valence-corrected chi connectivity index (χ1v) is 6.10. The van der Waals surface area contributed by atoms with E-state index in [0.717, 1.165) is 15.6 Å². The molecule has 0 saturated carbocycles. The van der Waals surface area contributed by atoms with Gasteiger partial charge in [-0.3, -0.25) is 9.89 Å². The van der Waals surface area contributed by atoms with Crippen LogP contribution in [0.5, 0.6) is 0 Å². The molecule has 8 heteroatoms. The number of carbonyl (C=O) groups excluding carboxylic acids is 1. The normalized spacial score (nSPS) is 9.35. The van der Waals surface area contributed by atoms with Gasteiger partial charge in [-0.25, -0.2) is 4.79 Å². The van der Waals surface area contributed by atoms with Crippen molar-refractivity contribution in [2.75, 3.05) is 5.32 Å². The van der Waals surface area contributed by atoms with Gasteiger partial charge in [-0.2, -0.15) is 5.10 Å². The van der Waals surface area contributed by atoms with Crippen molar-refractivity contribution in [2.45, 2.75) is 6.92 Å². The molecule has 0 aliphatic rings. The summed E-state index contributed by atoms with van der Waals surface area (Å²) < 4.78 is 0. The third-order valence-electron chi connectivity index (χ3n) is 2.27. The number of amides is 1. The maximum Gasteiger partial charge on any atom is 0.356 e. The van der Waals surface area contributed by atoms with E-state index in [-0.39, 0.29) is 11.4 Å². The molecule has 0 aliphatic carbocycles. The van der Waals surface area contributed by atoms with E-state index in [0.29, 0.717) is 6.41 Å². The van der Waals surface area contributed by atoms with Crippen LogP contribution in [0, 0.1) is 6.92 Å². The van der Waals surface area contributed by atoms with E-state index >= 15 is 0 Å². The summed E-state index contributed by atoms with van der Waals surface area (Å²) in [5, 5.41) is 17.7. The van der Waals surface area contributed by atoms with E-state index in [1.165, 1.54) is 6.20 Å². The fourth-order valence-corrected chi connectivity index (χ4v) is 1.60. The average Bonchev–Trinajstić information content (AvgIpc) is 2.85. The Hall–Kier alpha value is -2.05. The lowest BCUT2D eigenvalue weighted by Crippen LogP contribution is -2.02. The molecular formula is C12H11Cl2N3O3. The lowest BCUT2D eigenvalue weighted by atomic mass is 10.2. The first-order valence-electron chi connectivity index (χ1n) is 5.34. The minimum absolute atomic E-state index is 0.128. The molecule has 0 saturated heterocycles. The highest BCUT2D eigenvalue weighted by Gasteiger charge is 2.10. The highest BCUT2D eigenvalue weighted by Crippen LogP contribution is 2.22. The third-order valence-corrected chi connectivity index (χ3v) is 3.09. The second-order valence-corrected chi connectivity index (χ2v) is 4.39. The number of carboxylic acid groups (broad SMARTS) is 1. The molecule has 0 unspecified atom stereocenters. The second-order valence-electron chi connectivity index (χ2n) is 3.57. The number of aromatic nitrogens is 2. The monoisotopic (exact) mass is 315 g/mol. The van der Waals surface area contributed by atoms with E-state index in [1.807, 2.05) is 25.1 Å². The topological polar surface area (TPSA) is 95.1 Å². The summed E-state index contributed by atoms with van der Waals surface area (Å²) in [5.41, 5.74) is 0.977. The van der Waals surface area contributed by atoms with Crippen molar-refractivity contribution in [3.8, 4) is 0 Å². The zero-order chi connectivity index (χ0) is 15.1. The summed E-state index contributed by atoms with van der Waals surface area (Å²) in [6, 6.07) is 5.48. The van der Waals surface area contributed by atoms with Gasteiger partial charge in [0.15, 0.2) is 5.69 Å². The fraction of sp³-hybridized carbons (Fsp3) is 0.0833. The number of carbonyl (C=O) groups is 2. The number of benzene rings is 1. The molecule has 3 N–H and O–H groups in total. The Morgan fingerprint density at radius 1 is 1.40 bits per heavy atom. The fourth-order valence-electron chi connectivity index (χ4n) is 1.20. The number of hydrogen-bond donors (Lipinski definition) is 3. The summed E-state index contributed by atoms with van der Waals surface area (Å²) in [7, 11) is 0. The molecule has 20 heavy (non-hydrogen) atoms. The maximum absolute atomic E-state index is 10.3. The molecule has 0 aliphatic heterocycles. The van der Waals surface area contributed by atoms with Crippen molar-refractivity contribution in [3.05, 3.63) is 45.7 Å². The highest BCUT2D eigenvalue weighted by atomic mass is 35.5. The number of halogens is 2. The molecule has 2 aromatic rings. The van der Waals surface area contributed by atoms with E-state index in [4.69, 9.17) is 28.3 Å². The van der Waals surface area contributed by atoms with E-state index in [9.17, 15) is 9.59 Å². The summed E-state index contributed by atoms with van der Waals surface area (Å²) in [6.07, 6.45) is 1.61. The van der Waals surface area contributed by atoms with Gasteiger partial charge in [0.2, 0.25) is 6.41 Å². The number of rotatable bonds is 3. The lowest BCUT2D eigenvalue weighted by molar-refractivity contribution is -0.105. The smallest absolute Gasteiger partial charge is 0.356 e. The van der Waals surface area contributed by atoms with E-state index in [1.54, 1.807) is 0 Å². The molecule has 1 amide bonds. The molecule has 6 nitrogen and oxygen atoms in total. The third kappa shape index (κ3) is 4.25. The summed E-state index contributed by atoms with van der Waals surface area (Å²) >= 11 is 11.5. The Morgan fingerprint density at radius 3 is 2.45 bits per heavy atom. The standard InChI is InChI=1S/C7H6Cl2.C5H5N3O3/c1-5-6(8)3-2-4-7(5)9;9-2-6-3-1-7-8-4(3)5(10)11/h2-4H,1H3;1-2H,(H,6,9)(H,7,8)(H,10,11). The SMILES string of the molecule is Cc1c(Cl)cccc1Cl.O=CNc1cn[nH]c1C(=O)O. The molecule has 0 fully saturated rings. The lowest BCUT2D eigenvalue weighted by Gasteiger charge is -1.96. The number of hydrogen-bond acceptors (Lipinski definition) is 3. The first-order chi connectivity index (χ1) is 9.47. The number of aromatic amines is 1. The van der Waals surface area contributed by atoms with Crippen molar-refractivity contribution in [2.24, 2.45) is 0 Å². The van der Waals surface area contributed by atoms with Crippen LogP contribution in [0.15, 0.2) is 24.4 Å². The molecule has 0 spiro atoms. The van der Waals surface area contributed by atoms with Crippen LogP contribution < -0.4 is 5.32 Å². The number of aromatic carboxylic acids is 1. The van der Waals surface area contributed by atoms with Gasteiger partial charge in [0, 0.05) is 10.0 Å². The van der Waals surface area contributed by atoms with Crippen molar-refractivity contribution < 1.29 is 14.7 Å². The zero-order valence-corrected chi connectivity index (χ0v) is 11.9. The van der Waals surface area contributed by atoms with Gasteiger partial charge in [-0.15, -0.1) is 0 Å². The highest BCUT2D eigenvalue weighted by molar-refractivity contribution is 6.35. The molecule has 2 rings (SSSR count). The Morgan fingerprint density at radius 2 is 2.00 bits per heavy atom. The number of carboxylic acids is 1. The zero-order valence-electron chi connectivity index (χ0n) is 10.4. The largest absolute Gasteiger partial charge is 0.476 e. The van der Waals surface area contributed by atoms with Crippen LogP contribution in [0.2, 0.25) is 10.0 Å². The van der Waals surface area contributed by atoms with Crippen LogP contribution in [0.25, 0.3) is 0 Å². The number of anilines is 1. The summed E-state index contributed by atoms with van der Waals surface area (Å²) in [5.74, 6) is -1.16. The van der Waals surface area contributed by atoms with Gasteiger partial charge in [0.25, 0.3) is 0 Å². The molecule has 1 heterocycles. The minimum Gasteiger partial charge on any atom is -0.476 e. The van der Waals surface area contributed by atoms with Crippen LogP contribution >= 0.6 is 23.2 Å². The van der Waals surface area contributed by atoms with Crippen molar-refractivity contribution in [1.29, 1.82) is 0 Å². The van der Waals surface area contributed by atoms with Gasteiger partial charge in [0.05, 0.1) is 11.9 Å². The van der Waals surface area contributed by atoms with E-state index in [2.05, 4.69) is 15.5 Å². The first kappa shape index (κ1) is 16.0. The predicted molar refractivity (Wildman–Crippen MR) is 76.4 cm³/mol. The molecule has 0 bridgehead atoms. The van der Waals surface area contributed by atoms with Crippen LogP contribution in [0.3, 0.4) is 0 Å². The minimum atomic E-state index is -1.16. The molecule has 106 valence electrons.